The van der Waals surface area contributed by atoms with E-state index in [1.807, 2.05) is 0 Å². The fourth-order valence-electron chi connectivity index (χ4n) is 3.51. The van der Waals surface area contributed by atoms with E-state index in [-0.39, 0.29) is 17.6 Å². The Morgan fingerprint density at radius 1 is 1.21 bits per heavy atom. The second-order valence-corrected chi connectivity index (χ2v) is 9.14. The summed E-state index contributed by atoms with van der Waals surface area (Å²) in [5.41, 5.74) is 0. The van der Waals surface area contributed by atoms with Crippen molar-refractivity contribution >= 4 is 10.0 Å². The highest BCUT2D eigenvalue weighted by molar-refractivity contribution is 7.89. The molecule has 3 rings (SSSR count). The standard InChI is InChI=1S/C19H30N2O6S/c1-25-17-4-6-19(7-5-17)28(23,24)21-10-8-20(9-11-21)13-16(22)14-26-15-18-3-2-12-27-18/h4-7,16,18,22H,2-3,8-15H2,1H3/t16-,18+/m1/s1. The molecule has 0 saturated carbocycles. The lowest BCUT2D eigenvalue weighted by Gasteiger charge is -2.34. The molecule has 1 aromatic carbocycles. The molecule has 2 aliphatic heterocycles. The number of nitrogens with zero attached hydrogens (tertiary/aromatic N) is 2. The predicted molar refractivity (Wildman–Crippen MR) is 104 cm³/mol. The summed E-state index contributed by atoms with van der Waals surface area (Å²) in [6.45, 7) is 4.02. The molecule has 0 spiro atoms. The van der Waals surface area contributed by atoms with Crippen LogP contribution in [0.4, 0.5) is 0 Å². The molecule has 2 aliphatic rings. The van der Waals surface area contributed by atoms with Crippen molar-refractivity contribution in [1.82, 2.24) is 9.21 Å². The van der Waals surface area contributed by atoms with E-state index in [1.165, 1.54) is 4.31 Å². The van der Waals surface area contributed by atoms with E-state index in [2.05, 4.69) is 4.90 Å². The summed E-state index contributed by atoms with van der Waals surface area (Å²) in [6.07, 6.45) is 1.64. The lowest BCUT2D eigenvalue weighted by atomic mass is 10.2. The van der Waals surface area contributed by atoms with Crippen molar-refractivity contribution in [2.24, 2.45) is 0 Å². The van der Waals surface area contributed by atoms with E-state index in [9.17, 15) is 13.5 Å². The number of sulfonamides is 1. The van der Waals surface area contributed by atoms with Crippen molar-refractivity contribution < 1.29 is 27.7 Å². The van der Waals surface area contributed by atoms with Crippen LogP contribution in [-0.4, -0.2) is 94.6 Å². The summed E-state index contributed by atoms with van der Waals surface area (Å²) in [6, 6.07) is 6.43. The molecule has 2 fully saturated rings. The number of aliphatic hydroxyl groups is 1. The molecule has 9 heteroatoms. The van der Waals surface area contributed by atoms with Gasteiger partial charge in [-0.2, -0.15) is 4.31 Å². The van der Waals surface area contributed by atoms with Gasteiger partial charge in [0.2, 0.25) is 10.0 Å². The van der Waals surface area contributed by atoms with Crippen LogP contribution in [0.3, 0.4) is 0 Å². The van der Waals surface area contributed by atoms with Crippen molar-refractivity contribution in [3.63, 3.8) is 0 Å². The van der Waals surface area contributed by atoms with Crippen LogP contribution in [0.5, 0.6) is 5.75 Å². The zero-order valence-electron chi connectivity index (χ0n) is 16.3. The second kappa shape index (κ2) is 10.00. The van der Waals surface area contributed by atoms with Crippen LogP contribution in [-0.2, 0) is 19.5 Å². The van der Waals surface area contributed by atoms with Gasteiger partial charge in [0, 0.05) is 39.3 Å². The summed E-state index contributed by atoms with van der Waals surface area (Å²) in [5, 5.41) is 10.2. The quantitative estimate of drug-likeness (QED) is 0.632. The molecule has 28 heavy (non-hydrogen) atoms. The lowest BCUT2D eigenvalue weighted by molar-refractivity contribution is -0.0270. The molecule has 2 saturated heterocycles. The fraction of sp³-hybridized carbons (Fsp3) is 0.684. The van der Waals surface area contributed by atoms with E-state index in [4.69, 9.17) is 14.2 Å². The largest absolute Gasteiger partial charge is 0.497 e. The normalized spacial score (nSPS) is 23.0. The third-order valence-electron chi connectivity index (χ3n) is 5.14. The summed E-state index contributed by atoms with van der Waals surface area (Å²) in [4.78, 5) is 2.34. The SMILES string of the molecule is COc1ccc(S(=O)(=O)N2CCN(C[C@@H](O)COC[C@@H]3CCCO3)CC2)cc1. The Morgan fingerprint density at radius 3 is 2.54 bits per heavy atom. The molecule has 0 aliphatic carbocycles. The summed E-state index contributed by atoms with van der Waals surface area (Å²) in [5.74, 6) is 0.625. The highest BCUT2D eigenvalue weighted by Gasteiger charge is 2.29. The first-order valence-corrected chi connectivity index (χ1v) is 11.2. The van der Waals surface area contributed by atoms with E-state index in [0.717, 1.165) is 19.4 Å². The Kier molecular flexibility index (Phi) is 7.67. The number of aliphatic hydroxyl groups excluding tert-OH is 1. The molecule has 1 aromatic rings. The van der Waals surface area contributed by atoms with Gasteiger partial charge in [0.1, 0.15) is 5.75 Å². The minimum atomic E-state index is -3.51. The van der Waals surface area contributed by atoms with E-state index in [1.54, 1.807) is 31.4 Å². The van der Waals surface area contributed by atoms with Crippen molar-refractivity contribution in [3.05, 3.63) is 24.3 Å². The number of hydrogen-bond donors (Lipinski definition) is 1. The molecule has 8 nitrogen and oxygen atoms in total. The van der Waals surface area contributed by atoms with Gasteiger partial charge < -0.3 is 19.3 Å². The zero-order chi connectivity index (χ0) is 20.0. The van der Waals surface area contributed by atoms with Crippen molar-refractivity contribution in [2.75, 3.05) is 59.7 Å². The van der Waals surface area contributed by atoms with Crippen molar-refractivity contribution in [3.8, 4) is 5.75 Å². The summed E-state index contributed by atoms with van der Waals surface area (Å²) in [7, 11) is -1.97. The van der Waals surface area contributed by atoms with E-state index < -0.39 is 16.1 Å². The van der Waals surface area contributed by atoms with Crippen LogP contribution in [0.1, 0.15) is 12.8 Å². The monoisotopic (exact) mass is 414 g/mol. The van der Waals surface area contributed by atoms with Crippen LogP contribution in [0.2, 0.25) is 0 Å². The predicted octanol–water partition coefficient (Wildman–Crippen LogP) is 0.558. The van der Waals surface area contributed by atoms with Gasteiger partial charge in [0.05, 0.1) is 37.4 Å². The number of benzene rings is 1. The smallest absolute Gasteiger partial charge is 0.243 e. The van der Waals surface area contributed by atoms with Gasteiger partial charge in [-0.3, -0.25) is 4.90 Å². The van der Waals surface area contributed by atoms with Gasteiger partial charge in [0.25, 0.3) is 0 Å². The van der Waals surface area contributed by atoms with E-state index in [0.29, 0.717) is 45.1 Å². The topological polar surface area (TPSA) is 88.5 Å². The van der Waals surface area contributed by atoms with Gasteiger partial charge in [-0.1, -0.05) is 0 Å². The third kappa shape index (κ3) is 5.65. The number of rotatable bonds is 9. The molecular formula is C19H30N2O6S. The Hall–Kier alpha value is -1.23. The Bertz CT molecular complexity index is 698. The third-order valence-corrected chi connectivity index (χ3v) is 7.05. The summed E-state index contributed by atoms with van der Waals surface area (Å²) >= 11 is 0. The number of hydrogen-bond acceptors (Lipinski definition) is 7. The summed E-state index contributed by atoms with van der Waals surface area (Å²) < 4.78 is 43.2. The number of β-amino-alcohol motifs (C(OH)–C–C–N with tert-alkyl or cyclic N) is 1. The first-order chi connectivity index (χ1) is 13.5. The fourth-order valence-corrected chi connectivity index (χ4v) is 4.93. The van der Waals surface area contributed by atoms with Crippen molar-refractivity contribution in [1.29, 1.82) is 0 Å². The molecule has 1 N–H and O–H groups in total. The van der Waals surface area contributed by atoms with Gasteiger partial charge in [-0.15, -0.1) is 0 Å². The van der Waals surface area contributed by atoms with Crippen LogP contribution in [0.15, 0.2) is 29.2 Å². The molecule has 0 bridgehead atoms. The lowest BCUT2D eigenvalue weighted by Crippen LogP contribution is -2.50. The van der Waals surface area contributed by atoms with Crippen LogP contribution >= 0.6 is 0 Å². The second-order valence-electron chi connectivity index (χ2n) is 7.21. The Labute approximate surface area is 167 Å². The first kappa shape index (κ1) is 21.5. The maximum atomic E-state index is 12.8. The molecule has 0 amide bonds. The van der Waals surface area contributed by atoms with Crippen LogP contribution < -0.4 is 4.74 Å². The highest BCUT2D eigenvalue weighted by Crippen LogP contribution is 2.20. The maximum absolute atomic E-state index is 12.8. The number of piperazine rings is 1. The molecule has 0 aromatic heterocycles. The van der Waals surface area contributed by atoms with Crippen LogP contribution in [0, 0.1) is 0 Å². The minimum absolute atomic E-state index is 0.152. The first-order valence-electron chi connectivity index (χ1n) is 9.73. The minimum Gasteiger partial charge on any atom is -0.497 e. The highest BCUT2D eigenvalue weighted by atomic mass is 32.2. The average Bonchev–Trinajstić information content (AvgIpc) is 3.22. The number of ether oxygens (including phenoxy) is 3. The Morgan fingerprint density at radius 2 is 1.93 bits per heavy atom. The molecule has 0 unspecified atom stereocenters. The van der Waals surface area contributed by atoms with Gasteiger partial charge in [-0.05, 0) is 37.1 Å². The average molecular weight is 415 g/mol. The molecule has 158 valence electrons. The van der Waals surface area contributed by atoms with Gasteiger partial charge >= 0.3 is 0 Å². The number of methoxy groups -OCH3 is 1. The molecule has 2 atom stereocenters. The van der Waals surface area contributed by atoms with Crippen molar-refractivity contribution in [2.45, 2.75) is 29.9 Å². The maximum Gasteiger partial charge on any atom is 0.243 e. The van der Waals surface area contributed by atoms with Gasteiger partial charge in [-0.25, -0.2) is 8.42 Å². The van der Waals surface area contributed by atoms with Crippen LogP contribution in [0.25, 0.3) is 0 Å². The Balaban J connectivity index is 1.41. The molecule has 2 heterocycles. The van der Waals surface area contributed by atoms with E-state index >= 15 is 0 Å². The zero-order valence-corrected chi connectivity index (χ0v) is 17.1. The molecule has 0 radical (unpaired) electrons. The van der Waals surface area contributed by atoms with Gasteiger partial charge in [0.15, 0.2) is 0 Å². The molecular weight excluding hydrogens is 384 g/mol.